The summed E-state index contributed by atoms with van der Waals surface area (Å²) in [4.78, 5) is 107. The molecule has 0 spiro atoms. The molecule has 0 unspecified atom stereocenters. The van der Waals surface area contributed by atoms with Crippen LogP contribution in [-0.2, 0) is 41.7 Å². The van der Waals surface area contributed by atoms with Gasteiger partial charge in [0.15, 0.2) is 6.29 Å². The molecule has 1 saturated carbocycles. The van der Waals surface area contributed by atoms with Crippen molar-refractivity contribution in [1.29, 1.82) is 0 Å². The maximum absolute atomic E-state index is 13.5. The molecule has 2 aromatic rings. The fourth-order valence-corrected chi connectivity index (χ4v) is 7.09. The van der Waals surface area contributed by atoms with Crippen molar-refractivity contribution < 1.29 is 44.0 Å². The van der Waals surface area contributed by atoms with E-state index in [9.17, 15) is 53.7 Å². The van der Waals surface area contributed by atoms with Crippen molar-refractivity contribution in [1.82, 2.24) is 44.9 Å². The first-order chi connectivity index (χ1) is 29.7. The summed E-state index contributed by atoms with van der Waals surface area (Å²) in [6, 6.07) is -3.63. The van der Waals surface area contributed by atoms with Crippen LogP contribution in [0.1, 0.15) is 17.5 Å². The van der Waals surface area contributed by atoms with E-state index in [1.165, 1.54) is 26.2 Å². The maximum atomic E-state index is 13.5. The van der Waals surface area contributed by atoms with Gasteiger partial charge in [-0.15, -0.1) is 0 Å². The molecule has 2 fully saturated rings. The predicted octanol–water partition coefficient (Wildman–Crippen LogP) is -9.95. The van der Waals surface area contributed by atoms with Crippen molar-refractivity contribution in [3.8, 4) is 0 Å². The van der Waals surface area contributed by atoms with Gasteiger partial charge < -0.3 is 79.2 Å². The van der Waals surface area contributed by atoms with Crippen molar-refractivity contribution >= 4 is 23.6 Å². The van der Waals surface area contributed by atoms with Gasteiger partial charge in [0.25, 0.3) is 11.1 Å². The van der Waals surface area contributed by atoms with Crippen molar-refractivity contribution in [2.24, 2.45) is 28.7 Å². The van der Waals surface area contributed by atoms with E-state index in [1.54, 1.807) is 0 Å². The Bertz CT molecular complexity index is 2140. The standard InChI is InChI=1S/C36H60N14O13/c1-17-11-49(35(60)45-32(17)58)15-24(53)47(7-3-37)13-23(52)43-6-8-48(25(54)16-50-12-18(2)33(59)46-36(50)61)14-22(51)42-4-5-44-27-28(55)19(39)9-20(40)31(27)63-34-26(41)30(57)29(56)21(10-38)62-34/h11-12,19-21,26-31,34,44,55-57H,3-10,13-16,37-41H2,1-2H3,(H,42,51)(H,43,52)(H,45,58,60)(H,46,59,61)/t19-,20+,21-,26-,27+,28+,29-,30-,31-,34-/m1/s1. The van der Waals surface area contributed by atoms with Crippen molar-refractivity contribution in [2.45, 2.75) is 94.3 Å². The van der Waals surface area contributed by atoms with Gasteiger partial charge in [-0.05, 0) is 20.3 Å². The van der Waals surface area contributed by atoms with Gasteiger partial charge in [0.05, 0.1) is 37.4 Å². The van der Waals surface area contributed by atoms with Crippen LogP contribution >= 0.6 is 0 Å². The molecule has 0 radical (unpaired) electrons. The molecule has 352 valence electrons. The molecule has 0 aromatic carbocycles. The third kappa shape index (κ3) is 13.4. The number of aromatic nitrogens is 4. The number of aryl methyl sites for hydroxylation is 2. The van der Waals surface area contributed by atoms with E-state index in [4.69, 9.17) is 38.1 Å². The molecule has 0 bridgehead atoms. The molecule has 1 saturated heterocycles. The number of carbonyl (C=O) groups is 4. The summed E-state index contributed by atoms with van der Waals surface area (Å²) in [6.07, 6.45) is -4.68. The molecular weight excluding hydrogens is 836 g/mol. The van der Waals surface area contributed by atoms with Crippen molar-refractivity contribution in [2.75, 3.05) is 58.9 Å². The summed E-state index contributed by atoms with van der Waals surface area (Å²) in [5.74, 6) is -2.72. The summed E-state index contributed by atoms with van der Waals surface area (Å²) in [5.41, 5.74) is 27.3. The van der Waals surface area contributed by atoms with Crippen LogP contribution in [0.2, 0.25) is 0 Å². The average molecular weight is 897 g/mol. The number of hydrogen-bond acceptors (Lipinski definition) is 19. The zero-order valence-electron chi connectivity index (χ0n) is 35.0. The number of carbonyl (C=O) groups excluding carboxylic acids is 4. The lowest BCUT2D eigenvalue weighted by atomic mass is 9.82. The van der Waals surface area contributed by atoms with Gasteiger partial charge in [-0.3, -0.25) is 47.9 Å². The Balaban J connectivity index is 1.38. The minimum Gasteiger partial charge on any atom is -0.390 e. The Morgan fingerprint density at radius 3 is 1.83 bits per heavy atom. The third-order valence-corrected chi connectivity index (χ3v) is 10.7. The summed E-state index contributed by atoms with van der Waals surface area (Å²) < 4.78 is 13.7. The van der Waals surface area contributed by atoms with Gasteiger partial charge in [-0.25, -0.2) is 9.59 Å². The molecule has 63 heavy (non-hydrogen) atoms. The number of amides is 4. The summed E-state index contributed by atoms with van der Waals surface area (Å²) in [5, 5.41) is 40.0. The van der Waals surface area contributed by atoms with Crippen LogP contribution in [0.3, 0.4) is 0 Å². The van der Waals surface area contributed by atoms with E-state index in [0.717, 1.165) is 18.9 Å². The number of hydrogen-bond donors (Lipinski definition) is 13. The Labute approximate surface area is 359 Å². The monoisotopic (exact) mass is 896 g/mol. The van der Waals surface area contributed by atoms with Crippen molar-refractivity contribution in [3.05, 3.63) is 65.2 Å². The van der Waals surface area contributed by atoms with Gasteiger partial charge >= 0.3 is 11.4 Å². The fraction of sp³-hybridized carbons (Fsp3) is 0.667. The number of nitrogens with two attached hydrogens (primary N) is 5. The zero-order valence-corrected chi connectivity index (χ0v) is 35.0. The highest BCUT2D eigenvalue weighted by Gasteiger charge is 2.48. The van der Waals surface area contributed by atoms with Crippen LogP contribution < -0.4 is 67.1 Å². The Hall–Kier alpha value is -5.20. The molecule has 10 atom stereocenters. The Morgan fingerprint density at radius 1 is 0.778 bits per heavy atom. The van der Waals surface area contributed by atoms with E-state index in [1.807, 2.05) is 0 Å². The number of nitrogens with zero attached hydrogens (tertiary/aromatic N) is 4. The number of H-pyrrole nitrogens is 2. The summed E-state index contributed by atoms with van der Waals surface area (Å²) in [6.45, 7) is 0.000818. The van der Waals surface area contributed by atoms with Crippen LogP contribution in [-0.4, -0.2) is 188 Å². The fourth-order valence-electron chi connectivity index (χ4n) is 7.09. The van der Waals surface area contributed by atoms with E-state index < -0.39 is 133 Å². The second-order valence-electron chi connectivity index (χ2n) is 15.5. The molecule has 1 aliphatic carbocycles. The van der Waals surface area contributed by atoms with Crippen LogP contribution in [0, 0.1) is 13.8 Å². The maximum Gasteiger partial charge on any atom is 0.328 e. The number of rotatable bonds is 20. The normalized spacial score (nSPS) is 25.9. The van der Waals surface area contributed by atoms with E-state index >= 15 is 0 Å². The first-order valence-corrected chi connectivity index (χ1v) is 20.2. The molecular formula is C36H60N14O13. The van der Waals surface area contributed by atoms with Gasteiger partial charge in [-0.1, -0.05) is 0 Å². The summed E-state index contributed by atoms with van der Waals surface area (Å²) >= 11 is 0. The van der Waals surface area contributed by atoms with Crippen LogP contribution in [0.4, 0.5) is 0 Å². The van der Waals surface area contributed by atoms with Crippen LogP contribution in [0.5, 0.6) is 0 Å². The first kappa shape index (κ1) is 50.4. The van der Waals surface area contributed by atoms with Crippen LogP contribution in [0.15, 0.2) is 31.6 Å². The van der Waals surface area contributed by atoms with Gasteiger partial charge in [0.2, 0.25) is 23.6 Å². The van der Waals surface area contributed by atoms with E-state index in [0.29, 0.717) is 0 Å². The molecule has 27 heteroatoms. The molecule has 27 nitrogen and oxygen atoms in total. The zero-order chi connectivity index (χ0) is 46.7. The molecule has 2 aromatic heterocycles. The highest BCUT2D eigenvalue weighted by molar-refractivity contribution is 5.86. The quantitative estimate of drug-likeness (QED) is 0.0549. The van der Waals surface area contributed by atoms with E-state index in [-0.39, 0.29) is 63.4 Å². The number of aromatic amines is 2. The Kier molecular flexibility index (Phi) is 18.4. The lowest BCUT2D eigenvalue weighted by Gasteiger charge is -2.47. The minimum absolute atomic E-state index is 0.0155. The van der Waals surface area contributed by atoms with E-state index in [2.05, 4.69) is 25.9 Å². The highest BCUT2D eigenvalue weighted by atomic mass is 16.7. The highest BCUT2D eigenvalue weighted by Crippen LogP contribution is 2.27. The van der Waals surface area contributed by atoms with Crippen LogP contribution in [0.25, 0.3) is 0 Å². The topological polar surface area (TPSA) is 430 Å². The van der Waals surface area contributed by atoms with Gasteiger partial charge in [-0.2, -0.15) is 0 Å². The molecule has 4 rings (SSSR count). The lowest BCUT2D eigenvalue weighted by molar-refractivity contribution is -0.279. The third-order valence-electron chi connectivity index (χ3n) is 10.7. The molecule has 2 aliphatic rings. The van der Waals surface area contributed by atoms with Gasteiger partial charge in [0, 0.05) is 81.4 Å². The molecule has 1 aliphatic heterocycles. The SMILES string of the molecule is Cc1cn(CC(=O)N(CCN)CC(=O)NCCN(CC(=O)NCCN[C@H]2[C@@H](O)[C@H](N)C[C@H](N)[C@H]2O[C@H]2O[C@H](CN)[C@@H](O)[C@H](O)[C@H]2N)C(=O)Cn2cc(C)c(=O)[nH]c2=O)c(=O)[nH]c1=O. The minimum atomic E-state index is -1.43. The number of nitrogens with one attached hydrogen (secondary N) is 5. The lowest BCUT2D eigenvalue weighted by Crippen LogP contribution is -2.70. The Morgan fingerprint density at radius 2 is 1.30 bits per heavy atom. The second-order valence-corrected chi connectivity index (χ2v) is 15.5. The van der Waals surface area contributed by atoms with Crippen molar-refractivity contribution in [3.63, 3.8) is 0 Å². The smallest absolute Gasteiger partial charge is 0.328 e. The molecule has 4 amide bonds. The molecule has 3 heterocycles. The second kappa shape index (κ2) is 22.9. The number of ether oxygens (including phenoxy) is 2. The van der Waals surface area contributed by atoms with Gasteiger partial charge in [0.1, 0.15) is 31.4 Å². The average Bonchev–Trinajstić information content (AvgIpc) is 3.22. The largest absolute Gasteiger partial charge is 0.390 e. The summed E-state index contributed by atoms with van der Waals surface area (Å²) in [7, 11) is 0. The number of aliphatic hydroxyl groups excluding tert-OH is 3. The predicted molar refractivity (Wildman–Crippen MR) is 221 cm³/mol. The first-order valence-electron chi connectivity index (χ1n) is 20.2. The number of aliphatic hydroxyl groups is 3. The molecule has 18 N–H and O–H groups in total.